The second-order valence-corrected chi connectivity index (χ2v) is 4.62. The molecule has 0 aromatic carbocycles. The Hall–Kier alpha value is -1.11. The normalized spacial score (nSPS) is 13.6. The summed E-state index contributed by atoms with van der Waals surface area (Å²) in [5.41, 5.74) is 0. The Morgan fingerprint density at radius 3 is 2.00 bits per heavy atom. The van der Waals surface area contributed by atoms with Gasteiger partial charge in [-0.3, -0.25) is 9.59 Å². The Morgan fingerprint density at radius 2 is 1.77 bits per heavy atom. The number of carboxylic acid groups (broad SMARTS) is 2. The zero-order valence-electron chi connectivity index (χ0n) is 6.93. The molecule has 7 heteroatoms. The summed E-state index contributed by atoms with van der Waals surface area (Å²) in [6.07, 6.45) is -0.134. The van der Waals surface area contributed by atoms with Crippen molar-refractivity contribution in [2.45, 2.75) is 18.6 Å². The highest BCUT2D eigenvalue weighted by atomic mass is 32.2. The summed E-state index contributed by atoms with van der Waals surface area (Å²) in [7, 11) is -4.07. The first kappa shape index (κ1) is 11.9. The molecule has 2 N–H and O–H groups in total. The standard InChI is InChI=1S/C6H10O6S/c1-2-4(6(9)10)13(11,12)3-5(7)8/h4H,2-3H2,1H3,(H,7,8)(H,9,10). The molecule has 6 nitrogen and oxygen atoms in total. The number of carboxylic acids is 2. The van der Waals surface area contributed by atoms with Crippen LogP contribution in [0.5, 0.6) is 0 Å². The van der Waals surface area contributed by atoms with E-state index in [9.17, 15) is 18.0 Å². The van der Waals surface area contributed by atoms with Crippen molar-refractivity contribution in [3.63, 3.8) is 0 Å². The molecule has 0 aliphatic heterocycles. The average Bonchev–Trinajstić information content (AvgIpc) is 1.82. The number of carbonyl (C=O) groups is 2. The van der Waals surface area contributed by atoms with E-state index in [1.54, 1.807) is 0 Å². The monoisotopic (exact) mass is 210 g/mol. The fraction of sp³-hybridized carbons (Fsp3) is 0.667. The average molecular weight is 210 g/mol. The van der Waals surface area contributed by atoms with Crippen molar-refractivity contribution in [2.75, 3.05) is 5.75 Å². The van der Waals surface area contributed by atoms with E-state index in [-0.39, 0.29) is 6.42 Å². The first-order valence-electron chi connectivity index (χ1n) is 3.47. The van der Waals surface area contributed by atoms with E-state index in [0.717, 1.165) is 0 Å². The maximum absolute atomic E-state index is 11.1. The van der Waals surface area contributed by atoms with Gasteiger partial charge in [-0.05, 0) is 6.42 Å². The quantitative estimate of drug-likeness (QED) is 0.624. The lowest BCUT2D eigenvalue weighted by molar-refractivity contribution is -0.136. The lowest BCUT2D eigenvalue weighted by atomic mass is 10.3. The Labute approximate surface area is 75.1 Å². The smallest absolute Gasteiger partial charge is 0.321 e. The van der Waals surface area contributed by atoms with Crippen LogP contribution >= 0.6 is 0 Å². The van der Waals surface area contributed by atoms with Crippen molar-refractivity contribution in [3.05, 3.63) is 0 Å². The minimum absolute atomic E-state index is 0.134. The van der Waals surface area contributed by atoms with Crippen LogP contribution in [0, 0.1) is 0 Å². The molecule has 0 rings (SSSR count). The van der Waals surface area contributed by atoms with Crippen molar-refractivity contribution >= 4 is 21.8 Å². The molecule has 0 aromatic heterocycles. The van der Waals surface area contributed by atoms with Gasteiger partial charge < -0.3 is 10.2 Å². The number of hydrogen-bond acceptors (Lipinski definition) is 4. The van der Waals surface area contributed by atoms with Crippen LogP contribution in [0.2, 0.25) is 0 Å². The summed E-state index contributed by atoms with van der Waals surface area (Å²) in [5.74, 6) is -4.19. The second kappa shape index (κ2) is 4.22. The van der Waals surface area contributed by atoms with Crippen molar-refractivity contribution in [1.29, 1.82) is 0 Å². The molecule has 0 aliphatic carbocycles. The van der Waals surface area contributed by atoms with E-state index >= 15 is 0 Å². The van der Waals surface area contributed by atoms with Gasteiger partial charge in [-0.1, -0.05) is 6.92 Å². The molecule has 13 heavy (non-hydrogen) atoms. The molecule has 0 aliphatic rings. The Balaban J connectivity index is 4.79. The third kappa shape index (κ3) is 3.41. The predicted octanol–water partition coefficient (Wildman–Crippen LogP) is -0.651. The van der Waals surface area contributed by atoms with Gasteiger partial charge in [-0.15, -0.1) is 0 Å². The van der Waals surface area contributed by atoms with Gasteiger partial charge in [-0.25, -0.2) is 8.42 Å². The van der Waals surface area contributed by atoms with Gasteiger partial charge in [0.05, 0.1) is 0 Å². The summed E-state index contributed by atoms with van der Waals surface area (Å²) >= 11 is 0. The van der Waals surface area contributed by atoms with Gasteiger partial charge in [0.1, 0.15) is 5.75 Å². The van der Waals surface area contributed by atoms with Crippen LogP contribution in [0.15, 0.2) is 0 Å². The van der Waals surface area contributed by atoms with Gasteiger partial charge in [0, 0.05) is 0 Å². The molecule has 0 radical (unpaired) electrons. The predicted molar refractivity (Wildman–Crippen MR) is 43.1 cm³/mol. The van der Waals surface area contributed by atoms with Crippen molar-refractivity contribution in [1.82, 2.24) is 0 Å². The number of aliphatic carboxylic acids is 2. The van der Waals surface area contributed by atoms with Crippen molar-refractivity contribution in [2.24, 2.45) is 0 Å². The molecule has 0 saturated carbocycles. The molecule has 0 spiro atoms. The van der Waals surface area contributed by atoms with E-state index in [4.69, 9.17) is 10.2 Å². The van der Waals surface area contributed by atoms with Crippen LogP contribution in [-0.2, 0) is 19.4 Å². The summed E-state index contributed by atoms with van der Waals surface area (Å²) in [5, 5.41) is 15.0. The van der Waals surface area contributed by atoms with E-state index in [1.165, 1.54) is 6.92 Å². The molecular weight excluding hydrogens is 200 g/mol. The summed E-state index contributed by atoms with van der Waals surface area (Å²) in [6.45, 7) is 1.37. The maximum Gasteiger partial charge on any atom is 0.321 e. The molecule has 0 heterocycles. The highest BCUT2D eigenvalue weighted by molar-refractivity contribution is 7.93. The van der Waals surface area contributed by atoms with E-state index in [2.05, 4.69) is 0 Å². The molecule has 0 amide bonds. The third-order valence-electron chi connectivity index (χ3n) is 1.40. The van der Waals surface area contributed by atoms with Crippen molar-refractivity contribution < 1.29 is 28.2 Å². The minimum atomic E-state index is -4.07. The number of sulfone groups is 1. The van der Waals surface area contributed by atoms with E-state index in [0.29, 0.717) is 0 Å². The summed E-state index contributed by atoms with van der Waals surface area (Å²) in [4.78, 5) is 20.5. The Kier molecular flexibility index (Phi) is 3.86. The SMILES string of the molecule is CCC(C(=O)O)S(=O)(=O)CC(=O)O. The summed E-state index contributed by atoms with van der Waals surface area (Å²) in [6, 6.07) is 0. The fourth-order valence-electron chi connectivity index (χ4n) is 0.855. The van der Waals surface area contributed by atoms with Gasteiger partial charge in [0.25, 0.3) is 0 Å². The van der Waals surface area contributed by atoms with Crippen LogP contribution < -0.4 is 0 Å². The molecule has 0 bridgehead atoms. The van der Waals surface area contributed by atoms with Crippen LogP contribution in [-0.4, -0.2) is 41.6 Å². The van der Waals surface area contributed by atoms with Gasteiger partial charge >= 0.3 is 11.9 Å². The van der Waals surface area contributed by atoms with E-state index < -0.39 is 32.8 Å². The number of hydrogen-bond donors (Lipinski definition) is 2. The molecule has 76 valence electrons. The first-order valence-corrected chi connectivity index (χ1v) is 5.19. The topological polar surface area (TPSA) is 109 Å². The molecule has 0 aromatic rings. The molecule has 0 saturated heterocycles. The molecule has 1 unspecified atom stereocenters. The van der Waals surface area contributed by atoms with Crippen LogP contribution in [0.4, 0.5) is 0 Å². The van der Waals surface area contributed by atoms with Gasteiger partial charge in [0.2, 0.25) is 0 Å². The Bertz CT molecular complexity index is 303. The van der Waals surface area contributed by atoms with Crippen LogP contribution in [0.25, 0.3) is 0 Å². The highest BCUT2D eigenvalue weighted by Gasteiger charge is 2.32. The second-order valence-electron chi connectivity index (χ2n) is 2.44. The zero-order chi connectivity index (χ0) is 10.6. The maximum atomic E-state index is 11.1. The number of rotatable bonds is 5. The lowest BCUT2D eigenvalue weighted by Crippen LogP contribution is -2.33. The van der Waals surface area contributed by atoms with Crippen LogP contribution in [0.1, 0.15) is 13.3 Å². The van der Waals surface area contributed by atoms with Gasteiger partial charge in [0.15, 0.2) is 15.1 Å². The van der Waals surface area contributed by atoms with E-state index in [1.807, 2.05) is 0 Å². The zero-order valence-corrected chi connectivity index (χ0v) is 7.74. The minimum Gasteiger partial charge on any atom is -0.480 e. The van der Waals surface area contributed by atoms with Crippen molar-refractivity contribution in [3.8, 4) is 0 Å². The highest BCUT2D eigenvalue weighted by Crippen LogP contribution is 2.07. The first-order chi connectivity index (χ1) is 5.81. The third-order valence-corrected chi connectivity index (χ3v) is 3.46. The fourth-order valence-corrected chi connectivity index (χ4v) is 2.22. The lowest BCUT2D eigenvalue weighted by Gasteiger charge is -2.08. The summed E-state index contributed by atoms with van der Waals surface area (Å²) < 4.78 is 22.1. The Morgan fingerprint density at radius 1 is 1.31 bits per heavy atom. The molecule has 1 atom stereocenters. The molecular formula is C6H10O6S. The van der Waals surface area contributed by atoms with Crippen LogP contribution in [0.3, 0.4) is 0 Å². The molecule has 0 fully saturated rings. The van der Waals surface area contributed by atoms with Gasteiger partial charge in [-0.2, -0.15) is 0 Å². The largest absolute Gasteiger partial charge is 0.480 e.